The van der Waals surface area contributed by atoms with Crippen LogP contribution in [-0.2, 0) is 6.18 Å². The zero-order valence-electron chi connectivity index (χ0n) is 11.4. The van der Waals surface area contributed by atoms with Crippen molar-refractivity contribution in [3.8, 4) is 0 Å². The summed E-state index contributed by atoms with van der Waals surface area (Å²) in [5, 5.41) is 5.75. The molecule has 3 nitrogen and oxygen atoms in total. The predicted molar refractivity (Wildman–Crippen MR) is 69.4 cm³/mol. The molecule has 0 radical (unpaired) electrons. The van der Waals surface area contributed by atoms with Crippen molar-refractivity contribution in [2.24, 2.45) is 0 Å². The maximum absolute atomic E-state index is 13.9. The average Bonchev–Trinajstić information content (AvgIpc) is 2.40. The molecular weight excluding hydrogens is 288 g/mol. The van der Waals surface area contributed by atoms with E-state index in [-0.39, 0.29) is 12.1 Å². The van der Waals surface area contributed by atoms with Gasteiger partial charge in [-0.25, -0.2) is 4.39 Å². The van der Waals surface area contributed by atoms with E-state index in [4.69, 9.17) is 0 Å². The summed E-state index contributed by atoms with van der Waals surface area (Å²) in [7, 11) is 0. The van der Waals surface area contributed by atoms with Crippen LogP contribution in [0.5, 0.6) is 0 Å². The summed E-state index contributed by atoms with van der Waals surface area (Å²) in [4.78, 5) is 12.0. The molecule has 21 heavy (non-hydrogen) atoms. The summed E-state index contributed by atoms with van der Waals surface area (Å²) in [6.45, 7) is 2.69. The van der Waals surface area contributed by atoms with Crippen molar-refractivity contribution in [3.05, 3.63) is 35.1 Å². The summed E-state index contributed by atoms with van der Waals surface area (Å²) in [5.74, 6) is -2.35. The average molecular weight is 304 g/mol. The van der Waals surface area contributed by atoms with Crippen LogP contribution in [0.25, 0.3) is 0 Å². The predicted octanol–water partition coefficient (Wildman–Crippen LogP) is 2.71. The van der Waals surface area contributed by atoms with Crippen LogP contribution < -0.4 is 10.6 Å². The fourth-order valence-electron chi connectivity index (χ4n) is 2.41. The minimum absolute atomic E-state index is 0.00319. The number of carbonyl (C=O) groups excluding carboxylic acids is 1. The lowest BCUT2D eigenvalue weighted by atomic mass is 9.99. The van der Waals surface area contributed by atoms with Crippen LogP contribution in [0, 0.1) is 5.82 Å². The maximum atomic E-state index is 13.9. The van der Waals surface area contributed by atoms with Gasteiger partial charge >= 0.3 is 6.18 Å². The van der Waals surface area contributed by atoms with Crippen LogP contribution >= 0.6 is 0 Å². The third kappa shape index (κ3) is 3.53. The van der Waals surface area contributed by atoms with E-state index < -0.39 is 29.0 Å². The van der Waals surface area contributed by atoms with Crippen molar-refractivity contribution >= 4 is 5.91 Å². The van der Waals surface area contributed by atoms with E-state index in [1.54, 1.807) is 0 Å². The normalized spacial score (nSPS) is 22.9. The lowest BCUT2D eigenvalue weighted by Gasteiger charge is -2.30. The molecule has 1 aromatic rings. The van der Waals surface area contributed by atoms with Gasteiger partial charge in [0.1, 0.15) is 5.82 Å². The van der Waals surface area contributed by atoms with Crippen molar-refractivity contribution in [1.29, 1.82) is 0 Å². The minimum atomic E-state index is -4.82. The number of alkyl halides is 3. The Morgan fingerprint density at radius 2 is 2.10 bits per heavy atom. The monoisotopic (exact) mass is 304 g/mol. The molecule has 1 aliphatic rings. The number of carbonyl (C=O) groups is 1. The largest absolute Gasteiger partial charge is 0.419 e. The van der Waals surface area contributed by atoms with E-state index in [1.165, 1.54) is 0 Å². The Bertz CT molecular complexity index is 530. The molecule has 0 aliphatic carbocycles. The van der Waals surface area contributed by atoms with Crippen molar-refractivity contribution in [1.82, 2.24) is 10.6 Å². The van der Waals surface area contributed by atoms with Gasteiger partial charge in [0, 0.05) is 12.1 Å². The number of nitrogens with one attached hydrogen (secondary N) is 2. The molecule has 1 saturated heterocycles. The number of piperidine rings is 1. The van der Waals surface area contributed by atoms with Crippen LogP contribution in [0.3, 0.4) is 0 Å². The Morgan fingerprint density at radius 1 is 1.38 bits per heavy atom. The third-order valence-electron chi connectivity index (χ3n) is 3.63. The Morgan fingerprint density at radius 3 is 2.71 bits per heavy atom. The molecule has 0 bridgehead atoms. The van der Waals surface area contributed by atoms with E-state index in [0.29, 0.717) is 12.5 Å². The van der Waals surface area contributed by atoms with Crippen LogP contribution in [0.1, 0.15) is 35.7 Å². The van der Waals surface area contributed by atoms with Gasteiger partial charge in [-0.15, -0.1) is 0 Å². The molecule has 1 amide bonds. The van der Waals surface area contributed by atoms with Gasteiger partial charge in [0.25, 0.3) is 5.91 Å². The molecule has 7 heteroatoms. The summed E-state index contributed by atoms with van der Waals surface area (Å²) in [6, 6.07) is 2.48. The summed E-state index contributed by atoms with van der Waals surface area (Å²) >= 11 is 0. The molecule has 0 spiro atoms. The Hall–Kier alpha value is -1.63. The van der Waals surface area contributed by atoms with E-state index in [1.807, 2.05) is 6.92 Å². The molecule has 116 valence electrons. The second kappa shape index (κ2) is 6.01. The number of hydrogen-bond acceptors (Lipinski definition) is 2. The van der Waals surface area contributed by atoms with Crippen LogP contribution in [0.15, 0.2) is 18.2 Å². The molecule has 2 N–H and O–H groups in total. The zero-order valence-corrected chi connectivity index (χ0v) is 11.4. The Labute approximate surface area is 119 Å². The lowest BCUT2D eigenvalue weighted by molar-refractivity contribution is -0.140. The molecule has 1 heterocycles. The van der Waals surface area contributed by atoms with E-state index in [9.17, 15) is 22.4 Å². The highest BCUT2D eigenvalue weighted by molar-refractivity contribution is 5.95. The molecule has 0 saturated carbocycles. The highest BCUT2D eigenvalue weighted by Gasteiger charge is 2.36. The van der Waals surface area contributed by atoms with Gasteiger partial charge in [0.05, 0.1) is 11.1 Å². The summed E-state index contributed by atoms with van der Waals surface area (Å²) in [5.41, 5.74) is -2.01. The second-order valence-corrected chi connectivity index (χ2v) is 5.13. The molecule has 1 fully saturated rings. The highest BCUT2D eigenvalue weighted by Crippen LogP contribution is 2.32. The van der Waals surface area contributed by atoms with Crippen molar-refractivity contribution in [2.45, 2.75) is 38.0 Å². The minimum Gasteiger partial charge on any atom is -0.348 e. The number of amides is 1. The molecule has 2 rings (SSSR count). The first-order valence-corrected chi connectivity index (χ1v) is 6.70. The molecular formula is C14H16F4N2O. The second-order valence-electron chi connectivity index (χ2n) is 5.13. The van der Waals surface area contributed by atoms with Crippen LogP contribution in [0.4, 0.5) is 17.6 Å². The van der Waals surface area contributed by atoms with Crippen LogP contribution in [0.2, 0.25) is 0 Å². The van der Waals surface area contributed by atoms with Gasteiger partial charge < -0.3 is 10.6 Å². The molecule has 1 aromatic carbocycles. The zero-order chi connectivity index (χ0) is 15.6. The van der Waals surface area contributed by atoms with Crippen molar-refractivity contribution < 1.29 is 22.4 Å². The highest BCUT2D eigenvalue weighted by atomic mass is 19.4. The quantitative estimate of drug-likeness (QED) is 0.825. The molecule has 0 aromatic heterocycles. The number of hydrogen-bond donors (Lipinski definition) is 2. The molecule has 2 atom stereocenters. The molecule has 0 unspecified atom stereocenters. The summed E-state index contributed by atoms with van der Waals surface area (Å²) in [6.07, 6.45) is -3.26. The van der Waals surface area contributed by atoms with Gasteiger partial charge in [-0.3, -0.25) is 4.79 Å². The van der Waals surface area contributed by atoms with Gasteiger partial charge in [0.2, 0.25) is 0 Å². The van der Waals surface area contributed by atoms with Crippen molar-refractivity contribution in [3.63, 3.8) is 0 Å². The van der Waals surface area contributed by atoms with Gasteiger partial charge in [-0.05, 0) is 38.4 Å². The maximum Gasteiger partial charge on any atom is 0.419 e. The first kappa shape index (κ1) is 15.8. The Balaban J connectivity index is 2.20. The Kier molecular flexibility index (Phi) is 4.51. The summed E-state index contributed by atoms with van der Waals surface area (Å²) < 4.78 is 51.8. The van der Waals surface area contributed by atoms with E-state index in [2.05, 4.69) is 10.6 Å². The van der Waals surface area contributed by atoms with Crippen LogP contribution in [-0.4, -0.2) is 24.5 Å². The fourth-order valence-corrected chi connectivity index (χ4v) is 2.41. The molecule has 1 aliphatic heterocycles. The van der Waals surface area contributed by atoms with E-state index >= 15 is 0 Å². The SMILES string of the molecule is C[C@H]1NCCC[C@H]1NC(=O)c1cccc(C(F)(F)F)c1F. The van der Waals surface area contributed by atoms with Gasteiger partial charge in [-0.2, -0.15) is 13.2 Å². The van der Waals surface area contributed by atoms with E-state index in [0.717, 1.165) is 25.1 Å². The third-order valence-corrected chi connectivity index (χ3v) is 3.63. The van der Waals surface area contributed by atoms with Gasteiger partial charge in [0.15, 0.2) is 0 Å². The first-order valence-electron chi connectivity index (χ1n) is 6.70. The standard InChI is InChI=1S/C14H16F4N2O/c1-8-11(6-3-7-19-8)20-13(21)9-4-2-5-10(12(9)15)14(16,17)18/h2,4-5,8,11,19H,3,6-7H2,1H3,(H,20,21)/t8-,11-/m1/s1. The van der Waals surface area contributed by atoms with Crippen molar-refractivity contribution in [2.75, 3.05) is 6.54 Å². The first-order chi connectivity index (χ1) is 9.80. The fraction of sp³-hybridized carbons (Fsp3) is 0.500. The van der Waals surface area contributed by atoms with Gasteiger partial charge in [-0.1, -0.05) is 6.07 Å². The topological polar surface area (TPSA) is 41.1 Å². The number of rotatable bonds is 2. The smallest absolute Gasteiger partial charge is 0.348 e. The number of benzene rings is 1. The lowest BCUT2D eigenvalue weighted by Crippen LogP contribution is -2.52. The number of halogens is 4.